The summed E-state index contributed by atoms with van der Waals surface area (Å²) < 4.78 is 2.08. The lowest BCUT2D eigenvalue weighted by molar-refractivity contribution is 0.534. The van der Waals surface area contributed by atoms with Crippen LogP contribution in [-0.2, 0) is 19.4 Å². The molecule has 0 aliphatic rings. The molecule has 0 radical (unpaired) electrons. The molecule has 0 amide bonds. The minimum atomic E-state index is 0.238. The highest BCUT2D eigenvalue weighted by atomic mass is 32.2. The van der Waals surface area contributed by atoms with Crippen molar-refractivity contribution in [2.75, 3.05) is 5.75 Å². The van der Waals surface area contributed by atoms with E-state index in [-0.39, 0.29) is 6.04 Å². The second-order valence-electron chi connectivity index (χ2n) is 4.99. The van der Waals surface area contributed by atoms with E-state index in [1.165, 1.54) is 10.6 Å². The highest BCUT2D eigenvalue weighted by Gasteiger charge is 2.13. The molecule has 4 nitrogen and oxygen atoms in total. The van der Waals surface area contributed by atoms with Crippen LogP contribution in [-0.4, -0.2) is 21.6 Å². The average Bonchev–Trinajstić information content (AvgIpc) is 2.94. The van der Waals surface area contributed by atoms with E-state index in [2.05, 4.69) is 59.4 Å². The lowest BCUT2D eigenvalue weighted by Crippen LogP contribution is -2.39. The predicted octanol–water partition coefficient (Wildman–Crippen LogP) is 2.63. The van der Waals surface area contributed by atoms with E-state index >= 15 is 0 Å². The van der Waals surface area contributed by atoms with Gasteiger partial charge in [0, 0.05) is 35.3 Å². The number of nitrogens with one attached hydrogen (secondary N) is 1. The van der Waals surface area contributed by atoms with Crippen LogP contribution in [0.25, 0.3) is 0 Å². The van der Waals surface area contributed by atoms with Gasteiger partial charge in [0.05, 0.1) is 5.69 Å². The summed E-state index contributed by atoms with van der Waals surface area (Å²) in [7, 11) is 0. The molecule has 21 heavy (non-hydrogen) atoms. The first-order chi connectivity index (χ1) is 10.3. The minimum absolute atomic E-state index is 0.238. The van der Waals surface area contributed by atoms with Crippen molar-refractivity contribution in [3.63, 3.8) is 0 Å². The van der Waals surface area contributed by atoms with Crippen molar-refractivity contribution in [3.05, 3.63) is 47.8 Å². The second kappa shape index (κ2) is 8.22. The molecular formula is C16H24N4S. The van der Waals surface area contributed by atoms with Gasteiger partial charge in [-0.1, -0.05) is 25.1 Å². The van der Waals surface area contributed by atoms with Crippen LogP contribution >= 0.6 is 11.8 Å². The van der Waals surface area contributed by atoms with Gasteiger partial charge in [-0.15, -0.1) is 11.8 Å². The maximum absolute atomic E-state index is 5.72. The van der Waals surface area contributed by atoms with Crippen LogP contribution in [0.4, 0.5) is 0 Å². The van der Waals surface area contributed by atoms with E-state index in [4.69, 9.17) is 5.84 Å². The molecule has 114 valence electrons. The quantitative estimate of drug-likeness (QED) is 0.447. The summed E-state index contributed by atoms with van der Waals surface area (Å²) >= 11 is 1.83. The number of rotatable bonds is 8. The molecule has 1 aromatic carbocycles. The predicted molar refractivity (Wildman–Crippen MR) is 89.3 cm³/mol. The number of aryl methyl sites for hydroxylation is 2. The van der Waals surface area contributed by atoms with Gasteiger partial charge in [-0.2, -0.15) is 5.10 Å². The number of hydrogen-bond donors (Lipinski definition) is 2. The Morgan fingerprint density at radius 3 is 2.67 bits per heavy atom. The topological polar surface area (TPSA) is 55.9 Å². The van der Waals surface area contributed by atoms with Crippen molar-refractivity contribution in [3.8, 4) is 0 Å². The fraction of sp³-hybridized carbons (Fsp3) is 0.438. The van der Waals surface area contributed by atoms with Gasteiger partial charge in [-0.25, -0.2) is 0 Å². The van der Waals surface area contributed by atoms with Crippen LogP contribution in [0, 0.1) is 0 Å². The monoisotopic (exact) mass is 304 g/mol. The molecule has 3 N–H and O–H groups in total. The molecule has 0 aliphatic carbocycles. The lowest BCUT2D eigenvalue weighted by Gasteiger charge is -2.16. The molecule has 0 spiro atoms. The number of aromatic nitrogens is 2. The Balaban J connectivity index is 1.97. The lowest BCUT2D eigenvalue weighted by atomic mass is 10.1. The highest BCUT2D eigenvalue weighted by Crippen LogP contribution is 2.19. The zero-order valence-corrected chi connectivity index (χ0v) is 13.6. The fourth-order valence-corrected chi connectivity index (χ4v) is 3.22. The summed E-state index contributed by atoms with van der Waals surface area (Å²) in [5.74, 6) is 6.66. The summed E-state index contributed by atoms with van der Waals surface area (Å²) in [6.07, 6.45) is 1.87. The standard InChI is InChI=1S/C16H24N4S/c1-3-13-10-15(20(4-2)19-13)11-14(18-17)12-21-16-8-6-5-7-9-16/h5-10,14,18H,3-4,11-12,17H2,1-2H3. The SMILES string of the molecule is CCc1cc(CC(CSc2ccccc2)NN)n(CC)n1. The molecule has 5 heteroatoms. The third-order valence-electron chi connectivity index (χ3n) is 3.46. The normalized spacial score (nSPS) is 12.5. The minimum Gasteiger partial charge on any atom is -0.271 e. The maximum Gasteiger partial charge on any atom is 0.0624 e. The van der Waals surface area contributed by atoms with Gasteiger partial charge in [0.15, 0.2) is 0 Å². The Bertz CT molecular complexity index is 538. The Kier molecular flexibility index (Phi) is 6.29. The van der Waals surface area contributed by atoms with Gasteiger partial charge in [-0.05, 0) is 31.5 Å². The van der Waals surface area contributed by atoms with Crippen molar-refractivity contribution in [2.24, 2.45) is 5.84 Å². The van der Waals surface area contributed by atoms with Crippen molar-refractivity contribution in [1.82, 2.24) is 15.2 Å². The van der Waals surface area contributed by atoms with E-state index < -0.39 is 0 Å². The average molecular weight is 304 g/mol. The van der Waals surface area contributed by atoms with Gasteiger partial charge in [0.1, 0.15) is 0 Å². The Labute approximate surface area is 131 Å². The van der Waals surface area contributed by atoms with Gasteiger partial charge >= 0.3 is 0 Å². The smallest absolute Gasteiger partial charge is 0.0624 e. The zero-order chi connectivity index (χ0) is 15.1. The van der Waals surface area contributed by atoms with Crippen LogP contribution in [0.5, 0.6) is 0 Å². The summed E-state index contributed by atoms with van der Waals surface area (Å²) in [6, 6.07) is 12.9. The van der Waals surface area contributed by atoms with E-state index in [1.807, 2.05) is 17.8 Å². The van der Waals surface area contributed by atoms with E-state index in [0.29, 0.717) is 0 Å². The van der Waals surface area contributed by atoms with Crippen molar-refractivity contribution < 1.29 is 0 Å². The number of nitrogens with zero attached hydrogens (tertiary/aromatic N) is 2. The molecular weight excluding hydrogens is 280 g/mol. The highest BCUT2D eigenvalue weighted by molar-refractivity contribution is 7.99. The number of hydrogen-bond acceptors (Lipinski definition) is 4. The Hall–Kier alpha value is -1.30. The van der Waals surface area contributed by atoms with Crippen molar-refractivity contribution in [2.45, 2.75) is 44.2 Å². The first-order valence-corrected chi connectivity index (χ1v) is 8.45. The summed E-state index contributed by atoms with van der Waals surface area (Å²) in [5, 5.41) is 4.59. The zero-order valence-electron chi connectivity index (χ0n) is 12.7. The maximum atomic E-state index is 5.72. The van der Waals surface area contributed by atoms with Crippen LogP contribution in [0.2, 0.25) is 0 Å². The second-order valence-corrected chi connectivity index (χ2v) is 6.08. The van der Waals surface area contributed by atoms with Gasteiger partial charge in [0.25, 0.3) is 0 Å². The molecule has 2 rings (SSSR count). The van der Waals surface area contributed by atoms with Crippen LogP contribution in [0.15, 0.2) is 41.3 Å². The number of thioether (sulfide) groups is 1. The van der Waals surface area contributed by atoms with Gasteiger partial charge in [-0.3, -0.25) is 16.0 Å². The van der Waals surface area contributed by atoms with Crippen molar-refractivity contribution in [1.29, 1.82) is 0 Å². The van der Waals surface area contributed by atoms with Crippen LogP contribution < -0.4 is 11.3 Å². The molecule has 1 atom stereocenters. The molecule has 2 aromatic rings. The molecule has 1 unspecified atom stereocenters. The largest absolute Gasteiger partial charge is 0.271 e. The van der Waals surface area contributed by atoms with E-state index in [0.717, 1.165) is 30.8 Å². The third kappa shape index (κ3) is 4.59. The summed E-state index contributed by atoms with van der Waals surface area (Å²) in [6.45, 7) is 5.16. The van der Waals surface area contributed by atoms with E-state index in [1.54, 1.807) is 0 Å². The van der Waals surface area contributed by atoms with E-state index in [9.17, 15) is 0 Å². The summed E-state index contributed by atoms with van der Waals surface area (Å²) in [4.78, 5) is 1.27. The van der Waals surface area contributed by atoms with Gasteiger partial charge < -0.3 is 0 Å². The molecule has 1 aromatic heterocycles. The number of hydrazine groups is 1. The fourth-order valence-electron chi connectivity index (χ4n) is 2.26. The van der Waals surface area contributed by atoms with Crippen molar-refractivity contribution >= 4 is 11.8 Å². The number of benzene rings is 1. The molecule has 0 saturated carbocycles. The molecule has 0 aliphatic heterocycles. The molecule has 0 fully saturated rings. The van der Waals surface area contributed by atoms with Crippen LogP contribution in [0.3, 0.4) is 0 Å². The first kappa shape index (κ1) is 16.1. The Morgan fingerprint density at radius 1 is 1.29 bits per heavy atom. The first-order valence-electron chi connectivity index (χ1n) is 7.46. The molecule has 0 saturated heterocycles. The molecule has 0 bridgehead atoms. The summed E-state index contributed by atoms with van der Waals surface area (Å²) in [5.41, 5.74) is 5.34. The number of nitrogens with two attached hydrogens (primary N) is 1. The molecule has 1 heterocycles. The third-order valence-corrected chi connectivity index (χ3v) is 4.64. The van der Waals surface area contributed by atoms with Crippen LogP contribution in [0.1, 0.15) is 25.2 Å². The Morgan fingerprint density at radius 2 is 2.05 bits per heavy atom. The van der Waals surface area contributed by atoms with Gasteiger partial charge in [0.2, 0.25) is 0 Å².